The van der Waals surface area contributed by atoms with Crippen molar-refractivity contribution in [3.05, 3.63) is 72.3 Å². The number of hydrogen-bond acceptors (Lipinski definition) is 6. The summed E-state index contributed by atoms with van der Waals surface area (Å²) < 4.78 is 30.3. The maximum Gasteiger partial charge on any atom is 0.330 e. The predicted octanol–water partition coefficient (Wildman–Crippen LogP) is 9.06. The number of fused-ring (bicyclic) bond motifs is 1. The number of hydrogen-bond donors (Lipinski definition) is 1. The van der Waals surface area contributed by atoms with Crippen LogP contribution >= 0.6 is 8.60 Å². The van der Waals surface area contributed by atoms with Crippen molar-refractivity contribution in [3.8, 4) is 11.5 Å². The van der Waals surface area contributed by atoms with Crippen molar-refractivity contribution in [2.75, 3.05) is 54.1 Å². The summed E-state index contributed by atoms with van der Waals surface area (Å²) in [6.07, 6.45) is 12.7. The summed E-state index contributed by atoms with van der Waals surface area (Å²) in [5.74, 6) is 1.63. The minimum absolute atomic E-state index is 0.157. The predicted molar refractivity (Wildman–Crippen MR) is 186 cm³/mol. The highest BCUT2D eigenvalue weighted by Gasteiger charge is 2.17. The average Bonchev–Trinajstić information content (AvgIpc) is 3.03. The molecule has 3 aromatic carbocycles. The molecule has 250 valence electrons. The molecule has 0 fully saturated rings. The Bertz CT molecular complexity index is 1190. The Hall–Kier alpha value is -2.25. The molecule has 0 heterocycles. The van der Waals surface area contributed by atoms with E-state index in [1.807, 2.05) is 48.5 Å². The van der Waals surface area contributed by atoms with Gasteiger partial charge in [-0.3, -0.25) is 0 Å². The normalized spacial score (nSPS) is 13.2. The zero-order chi connectivity index (χ0) is 32.2. The number of likely N-dealkylation sites (N-methyl/N-ethyl adjacent to an activating group) is 1. The van der Waals surface area contributed by atoms with Crippen LogP contribution in [0.25, 0.3) is 10.8 Å². The Balaban J connectivity index is 1.45. The van der Waals surface area contributed by atoms with Crippen molar-refractivity contribution < 1.29 is 32.6 Å². The van der Waals surface area contributed by atoms with Gasteiger partial charge in [-0.2, -0.15) is 0 Å². The second-order valence-corrected chi connectivity index (χ2v) is 13.8. The van der Waals surface area contributed by atoms with E-state index in [1.54, 1.807) is 0 Å². The van der Waals surface area contributed by atoms with Crippen LogP contribution in [0.2, 0.25) is 0 Å². The summed E-state index contributed by atoms with van der Waals surface area (Å²) in [6.45, 7) is 5.05. The Labute approximate surface area is 273 Å². The fourth-order valence-electron chi connectivity index (χ4n) is 4.86. The van der Waals surface area contributed by atoms with E-state index in [1.165, 1.54) is 57.8 Å². The minimum Gasteiger partial charge on any atom is -0.494 e. The van der Waals surface area contributed by atoms with E-state index >= 15 is 0 Å². The highest BCUT2D eigenvalue weighted by Crippen LogP contribution is 2.33. The van der Waals surface area contributed by atoms with Crippen LogP contribution in [-0.4, -0.2) is 69.6 Å². The van der Waals surface area contributed by atoms with Crippen LogP contribution in [0.4, 0.5) is 0 Å². The summed E-state index contributed by atoms with van der Waals surface area (Å²) >= 11 is 0. The molecule has 0 saturated heterocycles. The number of quaternary nitrogens is 1. The summed E-state index contributed by atoms with van der Waals surface area (Å²) in [6, 6.07) is 22.3. The van der Waals surface area contributed by atoms with Gasteiger partial charge in [0.1, 0.15) is 37.4 Å². The van der Waals surface area contributed by atoms with E-state index in [9.17, 15) is 4.89 Å². The fraction of sp³-hybridized carbons (Fsp3) is 0.568. The van der Waals surface area contributed by atoms with Crippen molar-refractivity contribution in [1.82, 2.24) is 0 Å². The first kappa shape index (κ1) is 37.2. The minimum atomic E-state index is -2.00. The quantitative estimate of drug-likeness (QED) is 0.0565. The second kappa shape index (κ2) is 21.5. The molecule has 0 amide bonds. The molecular formula is C37H57NO6P+. The zero-order valence-electron chi connectivity index (χ0n) is 28.1. The Morgan fingerprint density at radius 3 is 1.93 bits per heavy atom. The van der Waals surface area contributed by atoms with Gasteiger partial charge in [0.05, 0.1) is 41.0 Å². The summed E-state index contributed by atoms with van der Waals surface area (Å²) in [5, 5.41) is 2.20. The summed E-state index contributed by atoms with van der Waals surface area (Å²) in [7, 11) is 4.24. The van der Waals surface area contributed by atoms with Crippen LogP contribution in [0, 0.1) is 0 Å². The van der Waals surface area contributed by atoms with Gasteiger partial charge in [0.25, 0.3) is 0 Å². The lowest BCUT2D eigenvalue weighted by Gasteiger charge is -2.24. The largest absolute Gasteiger partial charge is 0.494 e. The van der Waals surface area contributed by atoms with Gasteiger partial charge in [-0.15, -0.1) is 0 Å². The van der Waals surface area contributed by atoms with Gasteiger partial charge in [-0.05, 0) is 47.0 Å². The smallest absolute Gasteiger partial charge is 0.330 e. The van der Waals surface area contributed by atoms with E-state index < -0.39 is 14.7 Å². The fourth-order valence-corrected chi connectivity index (χ4v) is 5.47. The van der Waals surface area contributed by atoms with E-state index in [0.29, 0.717) is 13.2 Å². The molecule has 0 aromatic heterocycles. The van der Waals surface area contributed by atoms with Crippen LogP contribution in [-0.2, 0) is 20.4 Å². The van der Waals surface area contributed by atoms with Crippen LogP contribution in [0.3, 0.4) is 0 Å². The molecule has 7 nitrogen and oxygen atoms in total. The van der Waals surface area contributed by atoms with Crippen LogP contribution in [0.5, 0.6) is 11.5 Å². The standard InChI is InChI=1S/C37H57NO6P/c1-5-6-7-8-9-10-11-12-13-17-25-40-35-22-20-33-21-23-36(28-34(33)27-35)42-30-37(41-29-32-18-15-14-16-19-32)31-44-45(39)43-26-24-38(2,3)4/h14-16,18-23,27-28,37,39H,5-13,17,24-26,29-31H2,1-4H3/q+1. The third kappa shape index (κ3) is 16.8. The second-order valence-electron chi connectivity index (χ2n) is 12.8. The average molecular weight is 643 g/mol. The number of benzene rings is 3. The molecule has 0 aliphatic rings. The van der Waals surface area contributed by atoms with Gasteiger partial charge in [0.15, 0.2) is 0 Å². The third-order valence-corrected chi connectivity index (χ3v) is 8.42. The lowest BCUT2D eigenvalue weighted by molar-refractivity contribution is -0.870. The SMILES string of the molecule is CCCCCCCCCCCCOc1ccc2ccc(OCC(COP(O)OCC[N+](C)(C)C)OCc3ccccc3)cc2c1. The number of ether oxygens (including phenoxy) is 3. The van der Waals surface area contributed by atoms with Gasteiger partial charge in [0.2, 0.25) is 0 Å². The van der Waals surface area contributed by atoms with Gasteiger partial charge in [0, 0.05) is 0 Å². The molecule has 0 radical (unpaired) electrons. The lowest BCUT2D eigenvalue weighted by Crippen LogP contribution is -2.37. The summed E-state index contributed by atoms with van der Waals surface area (Å²) in [5.41, 5.74) is 1.06. The van der Waals surface area contributed by atoms with Gasteiger partial charge < -0.3 is 32.6 Å². The molecule has 2 unspecified atom stereocenters. The Morgan fingerprint density at radius 1 is 0.667 bits per heavy atom. The monoisotopic (exact) mass is 642 g/mol. The molecule has 45 heavy (non-hydrogen) atoms. The van der Waals surface area contributed by atoms with Crippen molar-refractivity contribution in [1.29, 1.82) is 0 Å². The highest BCUT2D eigenvalue weighted by atomic mass is 31.2. The molecular weight excluding hydrogens is 585 g/mol. The molecule has 0 aliphatic heterocycles. The molecule has 1 N–H and O–H groups in total. The molecule has 3 aromatic rings. The number of unbranched alkanes of at least 4 members (excludes halogenated alkanes) is 9. The molecule has 2 atom stereocenters. The number of nitrogens with zero attached hydrogens (tertiary/aromatic N) is 1. The van der Waals surface area contributed by atoms with Crippen molar-refractivity contribution in [3.63, 3.8) is 0 Å². The van der Waals surface area contributed by atoms with Crippen molar-refractivity contribution >= 4 is 19.4 Å². The first-order valence-electron chi connectivity index (χ1n) is 16.8. The molecule has 0 spiro atoms. The van der Waals surface area contributed by atoms with Gasteiger partial charge >= 0.3 is 8.60 Å². The summed E-state index contributed by atoms with van der Waals surface area (Å²) in [4.78, 5) is 10.3. The highest BCUT2D eigenvalue weighted by molar-refractivity contribution is 7.40. The molecule has 8 heteroatoms. The number of rotatable bonds is 25. The Kier molecular flexibility index (Phi) is 17.8. The first-order chi connectivity index (χ1) is 21.8. The van der Waals surface area contributed by atoms with Crippen molar-refractivity contribution in [2.45, 2.75) is 83.8 Å². The maximum absolute atomic E-state index is 10.3. The van der Waals surface area contributed by atoms with E-state index in [4.69, 9.17) is 23.3 Å². The maximum atomic E-state index is 10.3. The van der Waals surface area contributed by atoms with E-state index in [0.717, 1.165) is 51.9 Å². The van der Waals surface area contributed by atoms with Crippen LogP contribution < -0.4 is 9.47 Å². The topological polar surface area (TPSA) is 66.4 Å². The van der Waals surface area contributed by atoms with Crippen LogP contribution in [0.15, 0.2) is 66.7 Å². The van der Waals surface area contributed by atoms with E-state index in [-0.39, 0.29) is 13.2 Å². The molecule has 3 rings (SSSR count). The van der Waals surface area contributed by atoms with Gasteiger partial charge in [-0.1, -0.05) is 107 Å². The van der Waals surface area contributed by atoms with Crippen LogP contribution in [0.1, 0.15) is 76.7 Å². The first-order valence-corrected chi connectivity index (χ1v) is 18.0. The molecule has 0 saturated carbocycles. The third-order valence-electron chi connectivity index (χ3n) is 7.65. The molecule has 0 aliphatic carbocycles. The molecule has 0 bridgehead atoms. The van der Waals surface area contributed by atoms with Crippen molar-refractivity contribution in [2.24, 2.45) is 0 Å². The van der Waals surface area contributed by atoms with E-state index in [2.05, 4.69) is 46.3 Å². The lowest BCUT2D eigenvalue weighted by atomic mass is 10.1. The Morgan fingerprint density at radius 2 is 1.29 bits per heavy atom. The van der Waals surface area contributed by atoms with Gasteiger partial charge in [-0.25, -0.2) is 0 Å². The zero-order valence-corrected chi connectivity index (χ0v) is 29.0.